The number of aromatic nitrogens is 4. The maximum absolute atomic E-state index is 6.05. The smallest absolute Gasteiger partial charge is 0.143 e. The van der Waals surface area contributed by atoms with Crippen molar-refractivity contribution in [1.29, 1.82) is 0 Å². The Kier molecular flexibility index (Phi) is 6.17. The molecular weight excluding hydrogens is 364 g/mol. The number of nitrogens with zero attached hydrogens (tertiary/aromatic N) is 4. The molecular formula is C22H28N6O. The van der Waals surface area contributed by atoms with Crippen LogP contribution in [0.2, 0.25) is 0 Å². The lowest BCUT2D eigenvalue weighted by Gasteiger charge is -2.34. The number of rotatable bonds is 7. The second kappa shape index (κ2) is 9.15. The first-order valence-electron chi connectivity index (χ1n) is 10.3. The highest BCUT2D eigenvalue weighted by atomic mass is 16.5. The largest absolute Gasteiger partial charge is 0.491 e. The van der Waals surface area contributed by atoms with Gasteiger partial charge < -0.3 is 15.4 Å². The van der Waals surface area contributed by atoms with Gasteiger partial charge >= 0.3 is 0 Å². The molecule has 1 aromatic heterocycles. The molecule has 1 fully saturated rings. The van der Waals surface area contributed by atoms with Crippen LogP contribution in [-0.4, -0.2) is 38.9 Å². The van der Waals surface area contributed by atoms with E-state index in [0.717, 1.165) is 30.0 Å². The van der Waals surface area contributed by atoms with Crippen LogP contribution in [0, 0.1) is 0 Å². The molecule has 0 aliphatic carbocycles. The lowest BCUT2D eigenvalue weighted by molar-refractivity contribution is 0.238. The Hall–Kier alpha value is -2.77. The second-order valence-corrected chi connectivity index (χ2v) is 7.69. The van der Waals surface area contributed by atoms with Crippen molar-refractivity contribution >= 4 is 0 Å². The van der Waals surface area contributed by atoms with E-state index in [2.05, 4.69) is 62.6 Å². The van der Waals surface area contributed by atoms with Crippen LogP contribution in [0.25, 0.3) is 5.69 Å². The molecule has 2 atom stereocenters. The third kappa shape index (κ3) is 4.81. The summed E-state index contributed by atoms with van der Waals surface area (Å²) in [5.74, 6) is 0.893. The van der Waals surface area contributed by atoms with Crippen molar-refractivity contribution < 1.29 is 4.74 Å². The number of benzene rings is 2. The Morgan fingerprint density at radius 3 is 2.83 bits per heavy atom. The molecule has 0 bridgehead atoms. The van der Waals surface area contributed by atoms with Gasteiger partial charge in [-0.1, -0.05) is 30.3 Å². The van der Waals surface area contributed by atoms with Crippen molar-refractivity contribution in [2.45, 2.75) is 51.4 Å². The molecule has 1 saturated heterocycles. The van der Waals surface area contributed by atoms with Gasteiger partial charge in [-0.05, 0) is 67.4 Å². The molecule has 2 heterocycles. The van der Waals surface area contributed by atoms with E-state index in [9.17, 15) is 0 Å². The number of tetrazole rings is 1. The summed E-state index contributed by atoms with van der Waals surface area (Å²) >= 11 is 0. The average Bonchev–Trinajstić information content (AvgIpc) is 3.28. The van der Waals surface area contributed by atoms with Gasteiger partial charge in [0.15, 0.2) is 0 Å². The number of ether oxygens (including phenoxy) is 1. The molecule has 1 aliphatic rings. The molecule has 0 saturated carbocycles. The zero-order valence-corrected chi connectivity index (χ0v) is 17.0. The topological polar surface area (TPSA) is 76.9 Å². The number of nitrogens with one attached hydrogen (secondary N) is 2. The summed E-state index contributed by atoms with van der Waals surface area (Å²) in [4.78, 5) is 0. The molecule has 0 amide bonds. The highest BCUT2D eigenvalue weighted by Gasteiger charge is 2.26. The average molecular weight is 393 g/mol. The molecule has 0 spiro atoms. The fourth-order valence-corrected chi connectivity index (χ4v) is 3.85. The highest BCUT2D eigenvalue weighted by molar-refractivity contribution is 5.44. The van der Waals surface area contributed by atoms with Crippen molar-refractivity contribution in [3.63, 3.8) is 0 Å². The summed E-state index contributed by atoms with van der Waals surface area (Å²) < 4.78 is 7.72. The standard InChI is InChI=1S/C22H28N6O/c1-16(2)29-21-11-10-19(28-15-25-26-27-28)13-18(21)14-24-20-9-6-12-23-22(20)17-7-4-3-5-8-17/h3-5,7-8,10-11,13,15-16,20,22-24H,6,9,12,14H2,1-2H3/t20-,22+/m0/s1. The molecule has 2 N–H and O–H groups in total. The van der Waals surface area contributed by atoms with Gasteiger partial charge in [0.05, 0.1) is 11.8 Å². The van der Waals surface area contributed by atoms with Gasteiger partial charge in [0.1, 0.15) is 12.1 Å². The minimum atomic E-state index is 0.112. The monoisotopic (exact) mass is 392 g/mol. The van der Waals surface area contributed by atoms with Crippen LogP contribution >= 0.6 is 0 Å². The molecule has 1 aliphatic heterocycles. The van der Waals surface area contributed by atoms with Gasteiger partial charge in [-0.15, -0.1) is 5.10 Å². The van der Waals surface area contributed by atoms with E-state index >= 15 is 0 Å². The first-order chi connectivity index (χ1) is 14.2. The van der Waals surface area contributed by atoms with Crippen LogP contribution in [0.15, 0.2) is 54.9 Å². The Morgan fingerprint density at radius 2 is 2.07 bits per heavy atom. The fourth-order valence-electron chi connectivity index (χ4n) is 3.85. The van der Waals surface area contributed by atoms with Crippen molar-refractivity contribution in [2.75, 3.05) is 6.54 Å². The predicted octanol–water partition coefficient (Wildman–Crippen LogP) is 3.03. The normalized spacial score (nSPS) is 19.4. The van der Waals surface area contributed by atoms with E-state index in [1.54, 1.807) is 11.0 Å². The van der Waals surface area contributed by atoms with Crippen molar-refractivity contribution in [3.05, 3.63) is 66.0 Å². The minimum absolute atomic E-state index is 0.112. The molecule has 0 unspecified atom stereocenters. The van der Waals surface area contributed by atoms with Crippen LogP contribution in [0.1, 0.15) is 43.9 Å². The molecule has 29 heavy (non-hydrogen) atoms. The third-order valence-electron chi connectivity index (χ3n) is 5.19. The summed E-state index contributed by atoms with van der Waals surface area (Å²) in [6.45, 7) is 5.85. The number of hydrogen-bond acceptors (Lipinski definition) is 6. The van der Waals surface area contributed by atoms with Crippen LogP contribution in [0.3, 0.4) is 0 Å². The Bertz CT molecular complexity index is 897. The highest BCUT2D eigenvalue weighted by Crippen LogP contribution is 2.26. The van der Waals surface area contributed by atoms with Gasteiger partial charge in [0.2, 0.25) is 0 Å². The van der Waals surface area contributed by atoms with Gasteiger partial charge in [-0.2, -0.15) is 0 Å². The lowest BCUT2D eigenvalue weighted by atomic mass is 9.92. The summed E-state index contributed by atoms with van der Waals surface area (Å²) in [5.41, 5.74) is 3.35. The van der Waals surface area contributed by atoms with E-state index in [4.69, 9.17) is 4.74 Å². The molecule has 2 aromatic carbocycles. The van der Waals surface area contributed by atoms with E-state index in [-0.39, 0.29) is 6.10 Å². The fraction of sp³-hybridized carbons (Fsp3) is 0.409. The van der Waals surface area contributed by atoms with E-state index in [1.807, 2.05) is 26.0 Å². The first kappa shape index (κ1) is 19.5. The maximum Gasteiger partial charge on any atom is 0.143 e. The molecule has 4 rings (SSSR count). The van der Waals surface area contributed by atoms with E-state index in [0.29, 0.717) is 18.6 Å². The summed E-state index contributed by atoms with van der Waals surface area (Å²) in [6, 6.07) is 17.4. The maximum atomic E-state index is 6.05. The summed E-state index contributed by atoms with van der Waals surface area (Å²) in [7, 11) is 0. The number of piperidine rings is 1. The van der Waals surface area contributed by atoms with E-state index < -0.39 is 0 Å². The first-order valence-corrected chi connectivity index (χ1v) is 10.3. The zero-order valence-electron chi connectivity index (χ0n) is 17.0. The van der Waals surface area contributed by atoms with Crippen molar-refractivity contribution in [2.24, 2.45) is 0 Å². The van der Waals surface area contributed by atoms with Gasteiger partial charge in [0, 0.05) is 24.2 Å². The van der Waals surface area contributed by atoms with Gasteiger partial charge in [0.25, 0.3) is 0 Å². The SMILES string of the molecule is CC(C)Oc1ccc(-n2cnnn2)cc1CN[C@H]1CCCN[C@@H]1c1ccccc1. The van der Waals surface area contributed by atoms with Crippen LogP contribution < -0.4 is 15.4 Å². The summed E-state index contributed by atoms with van der Waals surface area (Å²) in [5, 5.41) is 18.9. The third-order valence-corrected chi connectivity index (χ3v) is 5.19. The number of hydrogen-bond donors (Lipinski definition) is 2. The predicted molar refractivity (Wildman–Crippen MR) is 112 cm³/mol. The molecule has 0 radical (unpaired) electrons. The quantitative estimate of drug-likeness (QED) is 0.644. The lowest BCUT2D eigenvalue weighted by Crippen LogP contribution is -2.45. The Labute approximate surface area is 171 Å². The second-order valence-electron chi connectivity index (χ2n) is 7.69. The molecule has 152 valence electrons. The zero-order chi connectivity index (χ0) is 20.1. The van der Waals surface area contributed by atoms with Gasteiger partial charge in [-0.3, -0.25) is 0 Å². The molecule has 7 nitrogen and oxygen atoms in total. The van der Waals surface area contributed by atoms with E-state index in [1.165, 1.54) is 12.0 Å². The van der Waals surface area contributed by atoms with Crippen LogP contribution in [0.4, 0.5) is 0 Å². The van der Waals surface area contributed by atoms with Gasteiger partial charge in [-0.25, -0.2) is 4.68 Å². The molecule has 7 heteroatoms. The van der Waals surface area contributed by atoms with Crippen molar-refractivity contribution in [3.8, 4) is 11.4 Å². The van der Waals surface area contributed by atoms with Crippen molar-refractivity contribution in [1.82, 2.24) is 30.8 Å². The Balaban J connectivity index is 1.54. The molecule has 3 aromatic rings. The summed E-state index contributed by atoms with van der Waals surface area (Å²) in [6.07, 6.45) is 4.02. The van der Waals surface area contributed by atoms with Crippen LogP contribution in [0.5, 0.6) is 5.75 Å². The minimum Gasteiger partial charge on any atom is -0.491 e. The van der Waals surface area contributed by atoms with Crippen LogP contribution in [-0.2, 0) is 6.54 Å². The Morgan fingerprint density at radius 1 is 1.21 bits per heavy atom.